The first-order chi connectivity index (χ1) is 7.70. The first-order valence-electron chi connectivity index (χ1n) is 5.15. The lowest BCUT2D eigenvalue weighted by atomic mass is 10.1. The second-order valence-corrected chi connectivity index (χ2v) is 3.77. The summed E-state index contributed by atoms with van der Waals surface area (Å²) >= 11 is 0. The Morgan fingerprint density at radius 3 is 2.56 bits per heavy atom. The van der Waals surface area contributed by atoms with Gasteiger partial charge in [-0.1, -0.05) is 29.8 Å². The molecule has 0 fully saturated rings. The summed E-state index contributed by atoms with van der Waals surface area (Å²) in [5.74, 6) is 0.151. The molecule has 16 heavy (non-hydrogen) atoms. The van der Waals surface area contributed by atoms with Gasteiger partial charge in [-0.05, 0) is 13.0 Å². The van der Waals surface area contributed by atoms with Gasteiger partial charge in [0.25, 0.3) is 0 Å². The minimum absolute atomic E-state index is 0.151. The highest BCUT2D eigenvalue weighted by atomic mass is 16.3. The van der Waals surface area contributed by atoms with Gasteiger partial charge in [-0.25, -0.2) is 0 Å². The fourth-order valence-electron chi connectivity index (χ4n) is 1.54. The Labute approximate surface area is 94.6 Å². The molecule has 0 unspecified atom stereocenters. The largest absolute Gasteiger partial charge is 0.506 e. The van der Waals surface area contributed by atoms with Crippen molar-refractivity contribution < 1.29 is 5.11 Å². The maximum atomic E-state index is 9.48. The molecule has 0 saturated heterocycles. The Hall–Kier alpha value is -1.87. The van der Waals surface area contributed by atoms with E-state index in [1.165, 1.54) is 11.8 Å². The van der Waals surface area contributed by atoms with Crippen LogP contribution in [0.5, 0.6) is 5.75 Å². The predicted octanol–water partition coefficient (Wildman–Crippen LogP) is 2.22. The van der Waals surface area contributed by atoms with Gasteiger partial charge in [-0.2, -0.15) is 0 Å². The number of aromatic nitrogens is 1. The van der Waals surface area contributed by atoms with Crippen LogP contribution in [0, 0.1) is 6.92 Å². The van der Waals surface area contributed by atoms with Crippen LogP contribution in [0.3, 0.4) is 0 Å². The minimum Gasteiger partial charge on any atom is -0.506 e. The van der Waals surface area contributed by atoms with Gasteiger partial charge in [0.05, 0.1) is 11.9 Å². The minimum atomic E-state index is 0.151. The van der Waals surface area contributed by atoms with Gasteiger partial charge in [-0.15, -0.1) is 0 Å². The van der Waals surface area contributed by atoms with Crippen molar-refractivity contribution in [3.05, 3.63) is 47.7 Å². The molecule has 0 aliphatic rings. The van der Waals surface area contributed by atoms with E-state index in [0.717, 1.165) is 11.3 Å². The molecule has 0 atom stereocenters. The van der Waals surface area contributed by atoms with E-state index in [1.807, 2.05) is 37.3 Å². The molecule has 1 aromatic heterocycles. The fourth-order valence-corrected chi connectivity index (χ4v) is 1.54. The topological polar surface area (TPSA) is 59.1 Å². The van der Waals surface area contributed by atoms with Crippen LogP contribution in [0.1, 0.15) is 11.1 Å². The molecule has 0 amide bonds. The van der Waals surface area contributed by atoms with E-state index in [9.17, 15) is 5.11 Å². The van der Waals surface area contributed by atoms with Crippen molar-refractivity contribution in [3.63, 3.8) is 0 Å². The van der Waals surface area contributed by atoms with Crippen LogP contribution in [-0.2, 0) is 6.54 Å². The lowest BCUT2D eigenvalue weighted by Gasteiger charge is -2.05. The van der Waals surface area contributed by atoms with Gasteiger partial charge < -0.3 is 10.8 Å². The Kier molecular flexibility index (Phi) is 2.88. The number of nitrogens with zero attached hydrogens (tertiary/aromatic N) is 1. The highest BCUT2D eigenvalue weighted by Crippen LogP contribution is 2.23. The van der Waals surface area contributed by atoms with E-state index in [0.29, 0.717) is 12.1 Å². The van der Waals surface area contributed by atoms with Gasteiger partial charge in [0.2, 0.25) is 0 Å². The standard InChI is InChI=1S/C13H14N2O/c1-9-2-4-10(5-3-9)12-6-11(7-14)13(16)8-15-12/h2-6,8,16H,7,14H2,1H3. The number of nitrogens with two attached hydrogens (primary N) is 1. The number of benzene rings is 1. The summed E-state index contributed by atoms with van der Waals surface area (Å²) in [5.41, 5.74) is 9.32. The van der Waals surface area contributed by atoms with Gasteiger partial charge in [-0.3, -0.25) is 4.98 Å². The lowest BCUT2D eigenvalue weighted by molar-refractivity contribution is 0.466. The van der Waals surface area contributed by atoms with E-state index in [4.69, 9.17) is 5.73 Å². The molecule has 1 aromatic carbocycles. The summed E-state index contributed by atoms with van der Waals surface area (Å²) in [4.78, 5) is 4.18. The summed E-state index contributed by atoms with van der Waals surface area (Å²) in [6.07, 6.45) is 1.44. The van der Waals surface area contributed by atoms with E-state index >= 15 is 0 Å². The van der Waals surface area contributed by atoms with Crippen LogP contribution in [0.15, 0.2) is 36.5 Å². The van der Waals surface area contributed by atoms with Crippen molar-refractivity contribution in [1.29, 1.82) is 0 Å². The van der Waals surface area contributed by atoms with Gasteiger partial charge in [0, 0.05) is 17.7 Å². The van der Waals surface area contributed by atoms with Crippen molar-refractivity contribution in [1.82, 2.24) is 4.98 Å². The van der Waals surface area contributed by atoms with Crippen LogP contribution in [0.2, 0.25) is 0 Å². The van der Waals surface area contributed by atoms with Crippen molar-refractivity contribution in [2.24, 2.45) is 5.73 Å². The quantitative estimate of drug-likeness (QED) is 0.805. The average Bonchev–Trinajstić information content (AvgIpc) is 2.31. The van der Waals surface area contributed by atoms with Gasteiger partial charge in [0.15, 0.2) is 0 Å². The van der Waals surface area contributed by atoms with E-state index in [-0.39, 0.29) is 5.75 Å². The smallest absolute Gasteiger partial charge is 0.138 e. The van der Waals surface area contributed by atoms with Crippen LogP contribution >= 0.6 is 0 Å². The van der Waals surface area contributed by atoms with Crippen molar-refractivity contribution in [2.45, 2.75) is 13.5 Å². The van der Waals surface area contributed by atoms with E-state index in [2.05, 4.69) is 4.98 Å². The molecule has 3 nitrogen and oxygen atoms in total. The second kappa shape index (κ2) is 4.33. The highest BCUT2D eigenvalue weighted by Gasteiger charge is 2.04. The summed E-state index contributed by atoms with van der Waals surface area (Å²) in [6.45, 7) is 2.35. The summed E-state index contributed by atoms with van der Waals surface area (Å²) in [5, 5.41) is 9.48. The Morgan fingerprint density at radius 1 is 1.25 bits per heavy atom. The molecule has 3 N–H and O–H groups in total. The molecular weight excluding hydrogens is 200 g/mol. The number of hydrogen-bond acceptors (Lipinski definition) is 3. The molecule has 82 valence electrons. The third-order valence-electron chi connectivity index (χ3n) is 2.53. The number of rotatable bonds is 2. The zero-order valence-electron chi connectivity index (χ0n) is 9.14. The maximum Gasteiger partial charge on any atom is 0.138 e. The summed E-state index contributed by atoms with van der Waals surface area (Å²) < 4.78 is 0. The predicted molar refractivity (Wildman–Crippen MR) is 64.0 cm³/mol. The molecule has 0 radical (unpaired) electrons. The van der Waals surface area contributed by atoms with Gasteiger partial charge >= 0.3 is 0 Å². The number of aryl methyl sites for hydroxylation is 1. The van der Waals surface area contributed by atoms with Crippen LogP contribution < -0.4 is 5.73 Å². The number of aromatic hydroxyl groups is 1. The lowest BCUT2D eigenvalue weighted by Crippen LogP contribution is -1.98. The zero-order chi connectivity index (χ0) is 11.5. The molecule has 0 saturated carbocycles. The Morgan fingerprint density at radius 2 is 1.94 bits per heavy atom. The van der Waals surface area contributed by atoms with Crippen LogP contribution in [0.4, 0.5) is 0 Å². The Balaban J connectivity index is 2.44. The number of pyridine rings is 1. The monoisotopic (exact) mass is 214 g/mol. The molecule has 0 spiro atoms. The zero-order valence-corrected chi connectivity index (χ0v) is 9.14. The normalized spacial score (nSPS) is 10.4. The van der Waals surface area contributed by atoms with E-state index in [1.54, 1.807) is 0 Å². The van der Waals surface area contributed by atoms with Crippen LogP contribution in [-0.4, -0.2) is 10.1 Å². The third kappa shape index (κ3) is 2.04. The van der Waals surface area contributed by atoms with Crippen LogP contribution in [0.25, 0.3) is 11.3 Å². The first-order valence-corrected chi connectivity index (χ1v) is 5.15. The molecule has 3 heteroatoms. The molecule has 2 rings (SSSR count). The average molecular weight is 214 g/mol. The highest BCUT2D eigenvalue weighted by molar-refractivity contribution is 5.61. The van der Waals surface area contributed by atoms with Crippen molar-refractivity contribution in [2.75, 3.05) is 0 Å². The molecule has 2 aromatic rings. The number of hydrogen-bond donors (Lipinski definition) is 2. The molecular formula is C13H14N2O. The second-order valence-electron chi connectivity index (χ2n) is 3.77. The SMILES string of the molecule is Cc1ccc(-c2cc(CN)c(O)cn2)cc1. The Bertz CT molecular complexity index is 492. The van der Waals surface area contributed by atoms with E-state index < -0.39 is 0 Å². The summed E-state index contributed by atoms with van der Waals surface area (Å²) in [6, 6.07) is 9.90. The first kappa shape index (κ1) is 10.6. The maximum absolute atomic E-state index is 9.48. The van der Waals surface area contributed by atoms with Gasteiger partial charge in [0.1, 0.15) is 5.75 Å². The summed E-state index contributed by atoms with van der Waals surface area (Å²) in [7, 11) is 0. The molecule has 0 aliphatic carbocycles. The van der Waals surface area contributed by atoms with Crippen molar-refractivity contribution in [3.8, 4) is 17.0 Å². The molecule has 0 bridgehead atoms. The van der Waals surface area contributed by atoms with Crippen molar-refractivity contribution >= 4 is 0 Å². The molecule has 1 heterocycles. The third-order valence-corrected chi connectivity index (χ3v) is 2.53. The molecule has 0 aliphatic heterocycles. The fraction of sp³-hybridized carbons (Fsp3) is 0.154.